The molecule has 0 aliphatic carbocycles. The number of urea groups is 1. The Balaban J connectivity index is 1.60. The smallest absolute Gasteiger partial charge is 0.322 e. The average molecular weight is 485 g/mol. The van der Waals surface area contributed by atoms with Crippen LogP contribution in [0.1, 0.15) is 35.5 Å². The van der Waals surface area contributed by atoms with Gasteiger partial charge in [-0.25, -0.2) is 9.18 Å². The molecule has 0 saturated heterocycles. The number of hydrogen-bond donors (Lipinski definition) is 1. The number of amides is 2. The lowest BCUT2D eigenvalue weighted by molar-refractivity contribution is 0.203. The Morgan fingerprint density at radius 3 is 2.58 bits per heavy atom. The van der Waals surface area contributed by atoms with Crippen LogP contribution in [-0.2, 0) is 6.54 Å². The van der Waals surface area contributed by atoms with E-state index in [1.165, 1.54) is 12.1 Å². The van der Waals surface area contributed by atoms with Gasteiger partial charge in [0.1, 0.15) is 11.6 Å². The number of methoxy groups -OCH3 is 1. The third-order valence-corrected chi connectivity index (χ3v) is 6.22. The lowest BCUT2D eigenvalue weighted by atomic mass is 9.94. The molecule has 4 aromatic rings. The van der Waals surface area contributed by atoms with Crippen molar-refractivity contribution in [1.82, 2.24) is 20.4 Å². The number of rotatable bonds is 6. The Morgan fingerprint density at radius 2 is 1.83 bits per heavy atom. The van der Waals surface area contributed by atoms with E-state index < -0.39 is 11.9 Å². The lowest BCUT2D eigenvalue weighted by Gasteiger charge is -2.35. The maximum Gasteiger partial charge on any atom is 0.322 e. The first-order valence-electron chi connectivity index (χ1n) is 11.5. The molecule has 0 spiro atoms. The number of halogens is 1. The number of aromatic nitrogens is 2. The highest BCUT2D eigenvalue weighted by atomic mass is 19.1. The molecule has 1 aliphatic heterocycles. The van der Waals surface area contributed by atoms with Gasteiger partial charge in [0.15, 0.2) is 0 Å². The van der Waals surface area contributed by atoms with Gasteiger partial charge in [-0.1, -0.05) is 59.3 Å². The molecule has 1 N–H and O–H groups in total. The minimum absolute atomic E-state index is 0.241. The fraction of sp³-hybridized carbons (Fsp3) is 0.179. The van der Waals surface area contributed by atoms with Crippen LogP contribution in [-0.4, -0.2) is 28.2 Å². The third-order valence-electron chi connectivity index (χ3n) is 6.22. The fourth-order valence-electron chi connectivity index (χ4n) is 4.27. The van der Waals surface area contributed by atoms with Crippen molar-refractivity contribution >= 4 is 11.6 Å². The highest BCUT2D eigenvalue weighted by Gasteiger charge is 2.36. The second kappa shape index (κ2) is 9.65. The topological polar surface area (TPSA) is 80.5 Å². The van der Waals surface area contributed by atoms with Crippen molar-refractivity contribution in [2.75, 3.05) is 7.11 Å². The number of nitrogens with zero attached hydrogens (tertiary/aromatic N) is 3. The molecule has 7 nitrogen and oxygen atoms in total. The molecule has 1 atom stereocenters. The summed E-state index contributed by atoms with van der Waals surface area (Å²) in [6, 6.07) is 20.7. The molecular weight excluding hydrogens is 459 g/mol. The van der Waals surface area contributed by atoms with Crippen molar-refractivity contribution in [2.24, 2.45) is 0 Å². The van der Waals surface area contributed by atoms with E-state index in [1.807, 2.05) is 62.4 Å². The van der Waals surface area contributed by atoms with Gasteiger partial charge in [0.05, 0.1) is 25.3 Å². The zero-order valence-corrected chi connectivity index (χ0v) is 20.2. The van der Waals surface area contributed by atoms with Gasteiger partial charge in [-0.05, 0) is 49.2 Å². The molecule has 2 amide bonds. The summed E-state index contributed by atoms with van der Waals surface area (Å²) in [5, 5.41) is 7.18. The number of carbonyl (C=O) groups is 1. The minimum Gasteiger partial charge on any atom is -0.497 e. The van der Waals surface area contributed by atoms with E-state index in [-0.39, 0.29) is 17.7 Å². The van der Waals surface area contributed by atoms with E-state index in [4.69, 9.17) is 9.26 Å². The van der Waals surface area contributed by atoms with Crippen LogP contribution in [0.5, 0.6) is 5.75 Å². The molecule has 8 heteroatoms. The van der Waals surface area contributed by atoms with Gasteiger partial charge < -0.3 is 14.6 Å². The Hall–Kier alpha value is -4.46. The van der Waals surface area contributed by atoms with E-state index in [0.717, 1.165) is 16.7 Å². The second-order valence-corrected chi connectivity index (χ2v) is 8.66. The molecule has 0 fully saturated rings. The molecule has 3 aromatic carbocycles. The molecule has 1 aliphatic rings. The van der Waals surface area contributed by atoms with Crippen molar-refractivity contribution < 1.29 is 18.4 Å². The van der Waals surface area contributed by atoms with Gasteiger partial charge in [0, 0.05) is 11.3 Å². The minimum atomic E-state index is -0.553. The predicted octanol–water partition coefficient (Wildman–Crippen LogP) is 5.89. The summed E-state index contributed by atoms with van der Waals surface area (Å²) in [7, 11) is 1.59. The number of ether oxygens (including phenoxy) is 1. The SMILES string of the molecule is COc1cccc(C2NC(=O)N(Cc3ccc(C)cc3)C(C)=C2c2nc(-c3cccc(F)c3)no2)c1. The predicted molar refractivity (Wildman–Crippen MR) is 133 cm³/mol. The molecular formula is C28H25FN4O3. The summed E-state index contributed by atoms with van der Waals surface area (Å²) in [4.78, 5) is 19.5. The van der Waals surface area contributed by atoms with Crippen LogP contribution in [0.3, 0.4) is 0 Å². The van der Waals surface area contributed by atoms with Crippen molar-refractivity contribution in [3.05, 3.63) is 107 Å². The third kappa shape index (κ3) is 4.57. The number of benzene rings is 3. The Morgan fingerprint density at radius 1 is 1.06 bits per heavy atom. The molecule has 36 heavy (non-hydrogen) atoms. The van der Waals surface area contributed by atoms with Gasteiger partial charge in [-0.3, -0.25) is 4.90 Å². The van der Waals surface area contributed by atoms with E-state index in [2.05, 4.69) is 15.5 Å². The summed E-state index contributed by atoms with van der Waals surface area (Å²) in [6.45, 7) is 4.25. The van der Waals surface area contributed by atoms with Gasteiger partial charge in [-0.2, -0.15) is 4.98 Å². The summed E-state index contributed by atoms with van der Waals surface area (Å²) in [5.41, 5.74) is 4.77. The lowest BCUT2D eigenvalue weighted by Crippen LogP contribution is -2.45. The molecule has 1 unspecified atom stereocenters. The van der Waals surface area contributed by atoms with E-state index >= 15 is 0 Å². The molecule has 182 valence electrons. The van der Waals surface area contributed by atoms with Crippen LogP contribution >= 0.6 is 0 Å². The monoisotopic (exact) mass is 484 g/mol. The molecule has 0 bridgehead atoms. The van der Waals surface area contributed by atoms with Gasteiger partial charge >= 0.3 is 6.03 Å². The maximum absolute atomic E-state index is 13.8. The van der Waals surface area contributed by atoms with E-state index in [9.17, 15) is 9.18 Å². The number of nitrogens with one attached hydrogen (secondary N) is 1. The largest absolute Gasteiger partial charge is 0.497 e. The summed E-state index contributed by atoms with van der Waals surface area (Å²) < 4.78 is 24.9. The maximum atomic E-state index is 13.8. The van der Waals surface area contributed by atoms with E-state index in [0.29, 0.717) is 29.1 Å². The van der Waals surface area contributed by atoms with Crippen molar-refractivity contribution in [3.63, 3.8) is 0 Å². The first-order valence-corrected chi connectivity index (χ1v) is 11.5. The molecule has 0 saturated carbocycles. The zero-order valence-electron chi connectivity index (χ0n) is 20.2. The summed E-state index contributed by atoms with van der Waals surface area (Å²) in [6.07, 6.45) is 0. The van der Waals surface area contributed by atoms with Crippen molar-refractivity contribution in [2.45, 2.75) is 26.4 Å². The number of allylic oxidation sites excluding steroid dienone is 1. The summed E-state index contributed by atoms with van der Waals surface area (Å²) in [5.74, 6) is 0.772. The van der Waals surface area contributed by atoms with Crippen LogP contribution in [0, 0.1) is 12.7 Å². The van der Waals surface area contributed by atoms with Gasteiger partial charge in [0.2, 0.25) is 5.82 Å². The fourth-order valence-corrected chi connectivity index (χ4v) is 4.27. The Labute approximate surface area is 208 Å². The normalized spacial score (nSPS) is 15.7. The van der Waals surface area contributed by atoms with Crippen LogP contribution in [0.4, 0.5) is 9.18 Å². The molecule has 5 rings (SSSR count). The van der Waals surface area contributed by atoms with Crippen LogP contribution in [0.15, 0.2) is 83.0 Å². The number of carbonyl (C=O) groups excluding carboxylic acids is 1. The quantitative estimate of drug-likeness (QED) is 0.369. The first-order chi connectivity index (χ1) is 17.4. The van der Waals surface area contributed by atoms with E-state index in [1.54, 1.807) is 24.1 Å². The Kier molecular flexibility index (Phi) is 6.25. The van der Waals surface area contributed by atoms with Crippen LogP contribution in [0.2, 0.25) is 0 Å². The second-order valence-electron chi connectivity index (χ2n) is 8.66. The van der Waals surface area contributed by atoms with Crippen LogP contribution < -0.4 is 10.1 Å². The average Bonchev–Trinajstić information content (AvgIpc) is 3.37. The Bertz CT molecular complexity index is 1450. The van der Waals surface area contributed by atoms with Crippen LogP contribution in [0.25, 0.3) is 17.0 Å². The summed E-state index contributed by atoms with van der Waals surface area (Å²) >= 11 is 0. The molecule has 0 radical (unpaired) electrons. The highest BCUT2D eigenvalue weighted by molar-refractivity contribution is 5.87. The first kappa shape index (κ1) is 23.3. The van der Waals surface area contributed by atoms with Gasteiger partial charge in [0.25, 0.3) is 5.89 Å². The van der Waals surface area contributed by atoms with Crippen molar-refractivity contribution in [1.29, 1.82) is 0 Å². The van der Waals surface area contributed by atoms with Crippen molar-refractivity contribution in [3.8, 4) is 17.1 Å². The number of hydrogen-bond acceptors (Lipinski definition) is 5. The molecule has 1 aromatic heterocycles. The van der Waals surface area contributed by atoms with Gasteiger partial charge in [-0.15, -0.1) is 0 Å². The zero-order chi connectivity index (χ0) is 25.2. The number of aryl methyl sites for hydroxylation is 1. The molecule has 2 heterocycles. The standard InChI is InChI=1S/C28H25FN4O3/c1-17-10-12-19(13-11-17)16-33-18(2)24(25(30-28(33)34)20-6-5-9-23(15-20)35-3)27-31-26(32-36-27)21-7-4-8-22(29)14-21/h4-15,25H,16H2,1-3H3,(H,30,34). The highest BCUT2D eigenvalue weighted by Crippen LogP contribution is 2.38.